The summed E-state index contributed by atoms with van der Waals surface area (Å²) < 4.78 is 11.5. The molecule has 0 radical (unpaired) electrons. The van der Waals surface area contributed by atoms with Crippen molar-refractivity contribution in [2.75, 3.05) is 0 Å². The normalized spacial score (nSPS) is 11.4. The van der Waals surface area contributed by atoms with Crippen LogP contribution in [-0.2, 0) is 0 Å². The van der Waals surface area contributed by atoms with Gasteiger partial charge in [0.15, 0.2) is 11.3 Å². The standard InChI is InChI=1S/C16H11NO2/c1-10-5-4-8-13-14(10)19-16(17-13)15-12-7-3-2-6-11(12)9-18-15/h2-9H,1H3. The predicted molar refractivity (Wildman–Crippen MR) is 74.0 cm³/mol. The molecule has 0 amide bonds. The lowest BCUT2D eigenvalue weighted by atomic mass is 10.2. The molecular weight excluding hydrogens is 238 g/mol. The van der Waals surface area contributed by atoms with Crippen LogP contribution < -0.4 is 0 Å². The van der Waals surface area contributed by atoms with E-state index >= 15 is 0 Å². The molecule has 3 heteroatoms. The Labute approximate surface area is 109 Å². The molecule has 4 aromatic rings. The summed E-state index contributed by atoms with van der Waals surface area (Å²) in [7, 11) is 0. The van der Waals surface area contributed by atoms with Crippen molar-refractivity contribution in [2.45, 2.75) is 6.92 Å². The summed E-state index contributed by atoms with van der Waals surface area (Å²) in [6.45, 7) is 2.01. The quantitative estimate of drug-likeness (QED) is 0.496. The SMILES string of the molecule is Cc1cccc2nc(-c3occ4ccccc34)oc12. The molecule has 0 spiro atoms. The van der Waals surface area contributed by atoms with E-state index in [9.17, 15) is 0 Å². The lowest BCUT2D eigenvalue weighted by molar-refractivity contribution is 0.538. The van der Waals surface area contributed by atoms with Crippen LogP contribution in [0.3, 0.4) is 0 Å². The summed E-state index contributed by atoms with van der Waals surface area (Å²) in [5, 5.41) is 2.07. The maximum Gasteiger partial charge on any atom is 0.264 e. The van der Waals surface area contributed by atoms with Gasteiger partial charge in [0.1, 0.15) is 5.52 Å². The van der Waals surface area contributed by atoms with Gasteiger partial charge in [0.05, 0.1) is 6.26 Å². The maximum atomic E-state index is 5.85. The maximum absolute atomic E-state index is 5.85. The molecule has 2 aromatic carbocycles. The van der Waals surface area contributed by atoms with E-state index in [0.717, 1.165) is 27.4 Å². The molecule has 2 aromatic heterocycles. The van der Waals surface area contributed by atoms with E-state index < -0.39 is 0 Å². The Morgan fingerprint density at radius 3 is 2.79 bits per heavy atom. The molecule has 0 atom stereocenters. The first-order valence-corrected chi connectivity index (χ1v) is 6.16. The highest BCUT2D eigenvalue weighted by molar-refractivity contribution is 5.93. The van der Waals surface area contributed by atoms with Crippen LogP contribution >= 0.6 is 0 Å². The fourth-order valence-electron chi connectivity index (χ4n) is 2.34. The molecule has 0 aliphatic carbocycles. The van der Waals surface area contributed by atoms with E-state index in [-0.39, 0.29) is 0 Å². The number of hydrogen-bond acceptors (Lipinski definition) is 3. The summed E-state index contributed by atoms with van der Waals surface area (Å²) in [6.07, 6.45) is 1.73. The minimum Gasteiger partial charge on any atom is -0.458 e. The monoisotopic (exact) mass is 249 g/mol. The average Bonchev–Trinajstić information content (AvgIpc) is 3.02. The molecule has 92 valence electrons. The van der Waals surface area contributed by atoms with E-state index in [4.69, 9.17) is 8.83 Å². The van der Waals surface area contributed by atoms with Gasteiger partial charge in [-0.05, 0) is 18.6 Å². The minimum atomic E-state index is 0.533. The number of benzene rings is 2. The van der Waals surface area contributed by atoms with Gasteiger partial charge in [0.2, 0.25) is 0 Å². The molecule has 0 saturated carbocycles. The Bertz CT molecular complexity index is 886. The Morgan fingerprint density at radius 2 is 1.89 bits per heavy atom. The smallest absolute Gasteiger partial charge is 0.264 e. The predicted octanol–water partition coefficient (Wildman–Crippen LogP) is 4.55. The van der Waals surface area contributed by atoms with Gasteiger partial charge in [-0.25, -0.2) is 4.98 Å². The molecule has 19 heavy (non-hydrogen) atoms. The fourth-order valence-corrected chi connectivity index (χ4v) is 2.34. The van der Waals surface area contributed by atoms with Gasteiger partial charge in [-0.1, -0.05) is 36.4 Å². The van der Waals surface area contributed by atoms with Gasteiger partial charge in [0, 0.05) is 10.8 Å². The number of rotatable bonds is 1. The summed E-state index contributed by atoms with van der Waals surface area (Å²) >= 11 is 0. The van der Waals surface area contributed by atoms with Gasteiger partial charge < -0.3 is 8.83 Å². The number of aromatic nitrogens is 1. The van der Waals surface area contributed by atoms with Crippen LogP contribution in [0.1, 0.15) is 5.56 Å². The highest BCUT2D eigenvalue weighted by atomic mass is 16.4. The molecule has 0 N–H and O–H groups in total. The van der Waals surface area contributed by atoms with Gasteiger partial charge >= 0.3 is 0 Å². The Kier molecular flexibility index (Phi) is 2.03. The number of furan rings is 1. The zero-order chi connectivity index (χ0) is 12.8. The van der Waals surface area contributed by atoms with Crippen molar-refractivity contribution in [2.24, 2.45) is 0 Å². The van der Waals surface area contributed by atoms with Crippen LogP contribution in [0, 0.1) is 6.92 Å². The van der Waals surface area contributed by atoms with Gasteiger partial charge in [0.25, 0.3) is 5.89 Å². The van der Waals surface area contributed by atoms with Crippen molar-refractivity contribution in [1.82, 2.24) is 4.98 Å². The summed E-state index contributed by atoms with van der Waals surface area (Å²) in [5.41, 5.74) is 2.75. The molecular formula is C16H11NO2. The van der Waals surface area contributed by atoms with Crippen molar-refractivity contribution < 1.29 is 8.83 Å². The van der Waals surface area contributed by atoms with Crippen molar-refractivity contribution >= 4 is 21.9 Å². The van der Waals surface area contributed by atoms with Crippen LogP contribution in [0.25, 0.3) is 33.5 Å². The van der Waals surface area contributed by atoms with Crippen molar-refractivity contribution in [3.8, 4) is 11.7 Å². The lowest BCUT2D eigenvalue weighted by Gasteiger charge is -1.91. The van der Waals surface area contributed by atoms with Crippen molar-refractivity contribution in [3.63, 3.8) is 0 Å². The summed E-state index contributed by atoms with van der Waals surface area (Å²) in [5.74, 6) is 1.22. The first-order valence-electron chi connectivity index (χ1n) is 6.16. The molecule has 3 nitrogen and oxygen atoms in total. The molecule has 2 heterocycles. The Balaban J connectivity index is 2.02. The number of hydrogen-bond donors (Lipinski definition) is 0. The number of para-hydroxylation sites is 1. The largest absolute Gasteiger partial charge is 0.458 e. The number of aryl methyl sites for hydroxylation is 1. The molecule has 0 saturated heterocycles. The van der Waals surface area contributed by atoms with Crippen LogP contribution in [0.15, 0.2) is 57.6 Å². The summed E-state index contributed by atoms with van der Waals surface area (Å²) in [6, 6.07) is 13.9. The second-order valence-electron chi connectivity index (χ2n) is 4.59. The van der Waals surface area contributed by atoms with Crippen LogP contribution in [-0.4, -0.2) is 4.98 Å². The van der Waals surface area contributed by atoms with Gasteiger partial charge in [-0.3, -0.25) is 0 Å². The van der Waals surface area contributed by atoms with Crippen molar-refractivity contribution in [1.29, 1.82) is 0 Å². The third-order valence-corrected chi connectivity index (χ3v) is 3.32. The van der Waals surface area contributed by atoms with Gasteiger partial charge in [-0.15, -0.1) is 0 Å². The zero-order valence-electron chi connectivity index (χ0n) is 10.4. The van der Waals surface area contributed by atoms with Crippen molar-refractivity contribution in [3.05, 3.63) is 54.3 Å². The lowest BCUT2D eigenvalue weighted by Crippen LogP contribution is -1.73. The molecule has 0 aliphatic heterocycles. The molecule has 0 unspecified atom stereocenters. The average molecular weight is 249 g/mol. The van der Waals surface area contributed by atoms with E-state index in [2.05, 4.69) is 4.98 Å². The van der Waals surface area contributed by atoms with Crippen LogP contribution in [0.5, 0.6) is 0 Å². The molecule has 0 aliphatic rings. The highest BCUT2D eigenvalue weighted by Gasteiger charge is 2.15. The third kappa shape index (κ3) is 1.48. The Hall–Kier alpha value is -2.55. The Morgan fingerprint density at radius 1 is 1.00 bits per heavy atom. The van der Waals surface area contributed by atoms with E-state index in [1.165, 1.54) is 0 Å². The number of oxazole rings is 1. The van der Waals surface area contributed by atoms with Crippen LogP contribution in [0.4, 0.5) is 0 Å². The summed E-state index contributed by atoms with van der Waals surface area (Å²) in [4.78, 5) is 4.51. The van der Waals surface area contributed by atoms with E-state index in [0.29, 0.717) is 11.7 Å². The topological polar surface area (TPSA) is 39.2 Å². The third-order valence-electron chi connectivity index (χ3n) is 3.32. The molecule has 0 fully saturated rings. The number of fused-ring (bicyclic) bond motifs is 2. The van der Waals surface area contributed by atoms with Gasteiger partial charge in [-0.2, -0.15) is 0 Å². The zero-order valence-corrected chi connectivity index (χ0v) is 10.4. The highest BCUT2D eigenvalue weighted by Crippen LogP contribution is 2.32. The first-order chi connectivity index (χ1) is 9.33. The first kappa shape index (κ1) is 10.4. The number of nitrogens with zero attached hydrogens (tertiary/aromatic N) is 1. The second kappa shape index (κ2) is 3.72. The van der Waals surface area contributed by atoms with Crippen LogP contribution in [0.2, 0.25) is 0 Å². The molecule has 4 rings (SSSR count). The van der Waals surface area contributed by atoms with E-state index in [1.54, 1.807) is 6.26 Å². The minimum absolute atomic E-state index is 0.533. The second-order valence-corrected chi connectivity index (χ2v) is 4.59. The fraction of sp³-hybridized carbons (Fsp3) is 0.0625. The molecule has 0 bridgehead atoms. The van der Waals surface area contributed by atoms with E-state index in [1.807, 2.05) is 49.4 Å².